The summed E-state index contributed by atoms with van der Waals surface area (Å²) < 4.78 is 4.97. The van der Waals surface area contributed by atoms with Gasteiger partial charge in [0, 0.05) is 50.9 Å². The molecule has 0 bridgehead atoms. The highest BCUT2D eigenvalue weighted by molar-refractivity contribution is 5.93. The first-order valence-electron chi connectivity index (χ1n) is 16.2. The predicted molar refractivity (Wildman–Crippen MR) is 191 cm³/mol. The third kappa shape index (κ3) is 4.04. The molecule has 0 spiro atoms. The number of aromatic nitrogens is 2. The van der Waals surface area contributed by atoms with Crippen molar-refractivity contribution < 1.29 is 0 Å². The molecular weight excluding hydrogens is 546 g/mol. The van der Waals surface area contributed by atoms with Crippen LogP contribution in [0.3, 0.4) is 0 Å². The van der Waals surface area contributed by atoms with E-state index in [4.69, 9.17) is 0 Å². The Morgan fingerprint density at radius 1 is 0.800 bits per heavy atom. The lowest BCUT2D eigenvalue weighted by atomic mass is 9.86. The monoisotopic (exact) mass is 581 g/mol. The molecule has 3 nitrogen and oxygen atoms in total. The van der Waals surface area contributed by atoms with Crippen molar-refractivity contribution in [1.82, 2.24) is 9.13 Å². The van der Waals surface area contributed by atoms with Crippen LogP contribution in [0.4, 0.5) is 5.69 Å². The van der Waals surface area contributed by atoms with Crippen LogP contribution in [0.5, 0.6) is 0 Å². The smallest absolute Gasteiger partial charge is 0.0627 e. The summed E-state index contributed by atoms with van der Waals surface area (Å²) in [5.74, 6) is 0.244. The molecule has 0 N–H and O–H groups in total. The molecule has 0 radical (unpaired) electrons. The summed E-state index contributed by atoms with van der Waals surface area (Å²) in [4.78, 5) is 2.60. The van der Waals surface area contributed by atoms with Crippen molar-refractivity contribution in [3.05, 3.63) is 162 Å². The molecule has 4 aliphatic rings. The quantitative estimate of drug-likeness (QED) is 0.188. The van der Waals surface area contributed by atoms with E-state index in [0.29, 0.717) is 0 Å². The Bertz CT molecular complexity index is 2190. The lowest BCUT2D eigenvalue weighted by Gasteiger charge is -2.32. The number of hydrogen-bond donors (Lipinski definition) is 0. The second-order valence-corrected chi connectivity index (χ2v) is 12.4. The molecule has 0 saturated carbocycles. The first kappa shape index (κ1) is 26.2. The van der Waals surface area contributed by atoms with Gasteiger partial charge in [-0.3, -0.25) is 0 Å². The van der Waals surface area contributed by atoms with Gasteiger partial charge in [-0.2, -0.15) is 0 Å². The third-order valence-electron chi connectivity index (χ3n) is 9.98. The van der Waals surface area contributed by atoms with Crippen LogP contribution in [0.25, 0.3) is 45.4 Å². The lowest BCUT2D eigenvalue weighted by Crippen LogP contribution is -2.33. The maximum absolute atomic E-state index is 3.93. The number of allylic oxidation sites excluding steroid dienone is 8. The molecule has 9 rings (SSSR count). The van der Waals surface area contributed by atoms with Gasteiger partial charge in [-0.1, -0.05) is 91.6 Å². The van der Waals surface area contributed by atoms with Gasteiger partial charge in [-0.15, -0.1) is 0 Å². The Labute approximate surface area is 264 Å². The molecule has 3 heteroatoms. The van der Waals surface area contributed by atoms with Gasteiger partial charge < -0.3 is 14.0 Å². The van der Waals surface area contributed by atoms with E-state index in [9.17, 15) is 0 Å². The molecule has 0 amide bonds. The Morgan fingerprint density at radius 2 is 1.62 bits per heavy atom. The summed E-state index contributed by atoms with van der Waals surface area (Å²) in [6, 6.07) is 31.2. The third-order valence-corrected chi connectivity index (χ3v) is 9.98. The van der Waals surface area contributed by atoms with Crippen LogP contribution in [0.1, 0.15) is 36.2 Å². The van der Waals surface area contributed by atoms with Crippen molar-refractivity contribution in [3.63, 3.8) is 0 Å². The topological polar surface area (TPSA) is 13.1 Å². The van der Waals surface area contributed by atoms with Crippen LogP contribution in [-0.4, -0.2) is 15.2 Å². The van der Waals surface area contributed by atoms with E-state index < -0.39 is 0 Å². The van der Waals surface area contributed by atoms with E-state index in [0.717, 1.165) is 25.7 Å². The van der Waals surface area contributed by atoms with Crippen LogP contribution in [0.15, 0.2) is 145 Å². The molecular formula is C42H35N3. The van der Waals surface area contributed by atoms with Gasteiger partial charge in [0.25, 0.3) is 0 Å². The van der Waals surface area contributed by atoms with Crippen LogP contribution >= 0.6 is 0 Å². The highest BCUT2D eigenvalue weighted by Crippen LogP contribution is 2.48. The normalized spacial score (nSPS) is 20.5. The summed E-state index contributed by atoms with van der Waals surface area (Å²) in [5.41, 5.74) is 13.3. The minimum atomic E-state index is 0.242. The van der Waals surface area contributed by atoms with E-state index in [1.165, 1.54) is 67.1 Å². The van der Waals surface area contributed by atoms with Crippen LogP contribution in [-0.2, 0) is 6.42 Å². The highest BCUT2D eigenvalue weighted by Gasteiger charge is 2.41. The number of benzene rings is 3. The summed E-state index contributed by atoms with van der Waals surface area (Å²) in [7, 11) is 0. The van der Waals surface area contributed by atoms with E-state index in [1.807, 2.05) is 12.2 Å². The molecule has 0 fully saturated rings. The average Bonchev–Trinajstić information content (AvgIpc) is 3.74. The minimum absolute atomic E-state index is 0.242. The standard InChI is InChI=1S/C42H35N3/c1-2-3-14-31-26-29-13-7-10-19-38(29)43(31)32-22-24-41-36(27-32)37-28-33(23-25-42(37)44(41)30-15-5-4-6-16-30)45-39-20-11-8-17-34(39)35-18-9-12-21-40(35)45/h2-8,10-17,19-21,23,25-28,37,42H,1,9,18,22,24H2/b14-3-. The number of nitrogens with zero attached hydrogens (tertiary/aromatic N) is 3. The van der Waals surface area contributed by atoms with Crippen molar-refractivity contribution in [1.29, 1.82) is 0 Å². The molecule has 2 atom stereocenters. The number of aryl methyl sites for hydroxylation is 1. The molecule has 218 valence electrons. The first-order chi connectivity index (χ1) is 22.3. The van der Waals surface area contributed by atoms with Gasteiger partial charge in [0.2, 0.25) is 0 Å². The lowest BCUT2D eigenvalue weighted by molar-refractivity contribution is 0.680. The van der Waals surface area contributed by atoms with E-state index in [1.54, 1.807) is 0 Å². The molecule has 5 aromatic rings. The van der Waals surface area contributed by atoms with Crippen molar-refractivity contribution >= 4 is 51.0 Å². The molecule has 2 unspecified atom stereocenters. The van der Waals surface area contributed by atoms with Crippen molar-refractivity contribution in [2.75, 3.05) is 4.90 Å². The van der Waals surface area contributed by atoms with Crippen molar-refractivity contribution in [2.45, 2.75) is 31.7 Å². The second kappa shape index (κ2) is 10.4. The number of hydrogen-bond acceptors (Lipinski definition) is 1. The van der Waals surface area contributed by atoms with Gasteiger partial charge in [-0.25, -0.2) is 0 Å². The first-order valence-corrected chi connectivity index (χ1v) is 16.2. The van der Waals surface area contributed by atoms with Gasteiger partial charge >= 0.3 is 0 Å². The zero-order valence-electron chi connectivity index (χ0n) is 25.3. The fourth-order valence-electron chi connectivity index (χ4n) is 8.12. The van der Waals surface area contributed by atoms with Gasteiger partial charge in [0.15, 0.2) is 0 Å². The summed E-state index contributed by atoms with van der Waals surface area (Å²) >= 11 is 0. The van der Waals surface area contributed by atoms with Crippen LogP contribution in [0, 0.1) is 5.92 Å². The van der Waals surface area contributed by atoms with Crippen molar-refractivity contribution in [2.24, 2.45) is 5.92 Å². The van der Waals surface area contributed by atoms with Crippen LogP contribution < -0.4 is 4.90 Å². The SMILES string of the molecule is C=C/C=C\c1cc2ccccc2n1C1=CC2=C(CC1)N(c1ccccc1)C1C=CC(n3c4c(c5ccccc53)CCC=C4)=CC21. The Balaban J connectivity index is 1.23. The Kier molecular flexibility index (Phi) is 6.05. The number of anilines is 1. The average molecular weight is 582 g/mol. The summed E-state index contributed by atoms with van der Waals surface area (Å²) in [6.45, 7) is 3.93. The molecule has 1 aliphatic heterocycles. The summed E-state index contributed by atoms with van der Waals surface area (Å²) in [6.07, 6.45) is 24.8. The highest BCUT2D eigenvalue weighted by atomic mass is 15.2. The molecule has 3 heterocycles. The van der Waals surface area contributed by atoms with E-state index in [2.05, 4.69) is 148 Å². The van der Waals surface area contributed by atoms with Crippen LogP contribution in [0.2, 0.25) is 0 Å². The maximum Gasteiger partial charge on any atom is 0.0627 e. The molecule has 45 heavy (non-hydrogen) atoms. The Morgan fingerprint density at radius 3 is 2.51 bits per heavy atom. The fourth-order valence-corrected chi connectivity index (χ4v) is 8.12. The van der Waals surface area contributed by atoms with E-state index >= 15 is 0 Å². The Hall–Kier alpha value is -5.28. The van der Waals surface area contributed by atoms with E-state index in [-0.39, 0.29) is 12.0 Å². The molecule has 3 aromatic carbocycles. The fraction of sp³-hybridized carbons (Fsp3) is 0.143. The second-order valence-electron chi connectivity index (χ2n) is 12.4. The zero-order valence-corrected chi connectivity index (χ0v) is 25.3. The predicted octanol–water partition coefficient (Wildman–Crippen LogP) is 10.3. The number of rotatable bonds is 5. The van der Waals surface area contributed by atoms with Gasteiger partial charge in [0.05, 0.1) is 17.1 Å². The molecule has 0 saturated heterocycles. The zero-order chi connectivity index (χ0) is 29.9. The minimum Gasteiger partial charge on any atom is -0.337 e. The van der Waals surface area contributed by atoms with Gasteiger partial charge in [-0.05, 0) is 91.5 Å². The summed E-state index contributed by atoms with van der Waals surface area (Å²) in [5, 5.41) is 2.64. The molecule has 3 aliphatic carbocycles. The molecule has 2 aromatic heterocycles. The largest absolute Gasteiger partial charge is 0.337 e. The number of fused-ring (bicyclic) bond motifs is 6. The van der Waals surface area contributed by atoms with Crippen molar-refractivity contribution in [3.8, 4) is 0 Å². The van der Waals surface area contributed by atoms with Gasteiger partial charge in [0.1, 0.15) is 0 Å². The number of para-hydroxylation sites is 3. The maximum atomic E-state index is 3.93.